The van der Waals surface area contributed by atoms with Gasteiger partial charge in [0.2, 0.25) is 0 Å². The molecule has 0 saturated heterocycles. The van der Waals surface area contributed by atoms with E-state index in [0.29, 0.717) is 0 Å². The molecule has 1 saturated carbocycles. The minimum absolute atomic E-state index is 0.0393. The lowest BCUT2D eigenvalue weighted by atomic mass is 9.24. The quantitative estimate of drug-likeness (QED) is 0.326. The lowest BCUT2D eigenvalue weighted by molar-refractivity contribution is -0.325. The van der Waals surface area contributed by atoms with Gasteiger partial charge < -0.3 is 0 Å². The fraction of sp³-hybridized carbons (Fsp3) is 0.938. The predicted molar refractivity (Wildman–Crippen MR) is 145 cm³/mol. The highest BCUT2D eigenvalue weighted by molar-refractivity contribution is 5.37. The van der Waals surface area contributed by atoms with Crippen molar-refractivity contribution >= 4 is 0 Å². The van der Waals surface area contributed by atoms with Crippen LogP contribution in [0.3, 0.4) is 0 Å². The molecule has 188 valence electrons. The summed E-state index contributed by atoms with van der Waals surface area (Å²) in [6.07, 6.45) is 0. The van der Waals surface area contributed by atoms with Crippen molar-refractivity contribution in [2.75, 3.05) is 0 Å². The number of hydrogen-bond acceptors (Lipinski definition) is 0. The normalized spacial score (nSPS) is 42.4. The topological polar surface area (TPSA) is 0 Å². The third-order valence-electron chi connectivity index (χ3n) is 16.2. The second kappa shape index (κ2) is 6.29. The lowest BCUT2D eigenvalue weighted by Crippen LogP contribution is -2.75. The van der Waals surface area contributed by atoms with Crippen LogP contribution < -0.4 is 0 Å². The van der Waals surface area contributed by atoms with E-state index in [2.05, 4.69) is 138 Å². The van der Waals surface area contributed by atoms with E-state index < -0.39 is 0 Å². The third kappa shape index (κ3) is 2.20. The highest BCUT2D eigenvalue weighted by Crippen LogP contribution is 2.85. The molecule has 0 unspecified atom stereocenters. The standard InChI is InChI=1S/C32H60/c1-21-22(2)24(5,6)32(20)29(15,16)25(7,8)27(11,12)31(19,23(21,3)4)28(13,14)26(9,10)30(32,17)18/h1-20H3/b22-21-. The van der Waals surface area contributed by atoms with E-state index >= 15 is 0 Å². The molecule has 0 nitrogen and oxygen atoms in total. The van der Waals surface area contributed by atoms with Gasteiger partial charge in [0.25, 0.3) is 0 Å². The van der Waals surface area contributed by atoms with Gasteiger partial charge in [0.05, 0.1) is 0 Å². The number of hydrogen-bond donors (Lipinski definition) is 0. The highest BCUT2D eigenvalue weighted by atomic mass is 14.8. The summed E-state index contributed by atoms with van der Waals surface area (Å²) in [7, 11) is 0. The molecule has 0 N–H and O–H groups in total. The van der Waals surface area contributed by atoms with Gasteiger partial charge >= 0.3 is 0 Å². The van der Waals surface area contributed by atoms with Crippen LogP contribution in [-0.4, -0.2) is 0 Å². The van der Waals surface area contributed by atoms with Crippen LogP contribution in [0.5, 0.6) is 0 Å². The van der Waals surface area contributed by atoms with Crippen LogP contribution in [0.25, 0.3) is 0 Å². The van der Waals surface area contributed by atoms with Crippen molar-refractivity contribution in [2.45, 2.75) is 138 Å². The van der Waals surface area contributed by atoms with Crippen molar-refractivity contribution in [1.29, 1.82) is 0 Å². The Morgan fingerprint density at radius 2 is 0.438 bits per heavy atom. The molecule has 3 rings (SSSR count). The first-order valence-electron chi connectivity index (χ1n) is 13.2. The van der Waals surface area contributed by atoms with Crippen LogP contribution in [-0.2, 0) is 0 Å². The molecule has 0 aromatic heterocycles. The Hall–Kier alpha value is -0.260. The van der Waals surface area contributed by atoms with Crippen molar-refractivity contribution in [1.82, 2.24) is 0 Å². The molecule has 1 fully saturated rings. The Labute approximate surface area is 203 Å². The monoisotopic (exact) mass is 444 g/mol. The number of fused-ring (bicyclic) bond motifs is 6. The Morgan fingerprint density at radius 1 is 0.281 bits per heavy atom. The summed E-state index contributed by atoms with van der Waals surface area (Å²) in [6, 6.07) is 0. The average Bonchev–Trinajstić information content (AvgIpc) is 2.62. The molecule has 0 aromatic rings. The van der Waals surface area contributed by atoms with Crippen molar-refractivity contribution < 1.29 is 0 Å². The van der Waals surface area contributed by atoms with Gasteiger partial charge in [0.15, 0.2) is 0 Å². The van der Waals surface area contributed by atoms with Crippen LogP contribution in [0.2, 0.25) is 0 Å². The predicted octanol–water partition coefficient (Wildman–Crippen LogP) is 10.6. The molecule has 32 heavy (non-hydrogen) atoms. The first-order chi connectivity index (χ1) is 13.6. The smallest absolute Gasteiger partial charge is 0.00803 e. The molecule has 3 aliphatic rings. The fourth-order valence-corrected chi connectivity index (χ4v) is 10.4. The first-order valence-corrected chi connectivity index (χ1v) is 13.2. The maximum Gasteiger partial charge on any atom is -0.00803 e. The second-order valence-corrected chi connectivity index (χ2v) is 16.5. The van der Waals surface area contributed by atoms with Gasteiger partial charge in [-0.2, -0.15) is 0 Å². The van der Waals surface area contributed by atoms with Crippen LogP contribution in [0.4, 0.5) is 0 Å². The molecule has 3 aliphatic carbocycles. The van der Waals surface area contributed by atoms with Gasteiger partial charge in [-0.05, 0) is 68.0 Å². The largest absolute Gasteiger partial charge is 0.0676 e. The van der Waals surface area contributed by atoms with E-state index in [0.717, 1.165) is 0 Å². The average molecular weight is 445 g/mol. The zero-order valence-corrected chi connectivity index (χ0v) is 26.0. The highest BCUT2D eigenvalue weighted by Gasteiger charge is 2.79. The van der Waals surface area contributed by atoms with E-state index in [4.69, 9.17) is 0 Å². The molecule has 0 heteroatoms. The van der Waals surface area contributed by atoms with E-state index in [9.17, 15) is 0 Å². The Bertz CT molecular complexity index is 723. The molecule has 0 amide bonds. The summed E-state index contributed by atoms with van der Waals surface area (Å²) in [5.74, 6) is 0. The summed E-state index contributed by atoms with van der Waals surface area (Å²) in [4.78, 5) is 0. The summed E-state index contributed by atoms with van der Waals surface area (Å²) in [5.41, 5.74) is 3.88. The minimum atomic E-state index is 0.0393. The Balaban J connectivity index is 3.53. The van der Waals surface area contributed by atoms with Gasteiger partial charge in [-0.3, -0.25) is 0 Å². The number of rotatable bonds is 0. The van der Waals surface area contributed by atoms with Crippen LogP contribution >= 0.6 is 0 Å². The maximum atomic E-state index is 2.67. The molecule has 0 aliphatic heterocycles. The van der Waals surface area contributed by atoms with E-state index in [1.807, 2.05) is 0 Å². The third-order valence-corrected chi connectivity index (χ3v) is 16.2. The van der Waals surface area contributed by atoms with Crippen molar-refractivity contribution in [3.63, 3.8) is 0 Å². The van der Waals surface area contributed by atoms with E-state index in [1.54, 1.807) is 11.1 Å². The van der Waals surface area contributed by atoms with Crippen LogP contribution in [0.1, 0.15) is 138 Å². The van der Waals surface area contributed by atoms with Gasteiger partial charge in [-0.1, -0.05) is 136 Å². The molecule has 0 heterocycles. The second-order valence-electron chi connectivity index (χ2n) is 16.5. The van der Waals surface area contributed by atoms with Crippen molar-refractivity contribution in [2.24, 2.45) is 54.1 Å². The molecule has 0 aromatic carbocycles. The molecule has 0 atom stereocenters. The summed E-state index contributed by atoms with van der Waals surface area (Å²) in [5, 5.41) is 0. The Kier molecular flexibility index (Phi) is 5.50. The summed E-state index contributed by atoms with van der Waals surface area (Å²) in [6.45, 7) is 52.0. The maximum absolute atomic E-state index is 2.67. The van der Waals surface area contributed by atoms with Crippen molar-refractivity contribution in [3.05, 3.63) is 11.1 Å². The molecule has 0 radical (unpaired) electrons. The number of allylic oxidation sites excluding steroid dienone is 2. The molecule has 2 bridgehead atoms. The van der Waals surface area contributed by atoms with E-state index in [-0.39, 0.29) is 54.1 Å². The Morgan fingerprint density at radius 3 is 0.594 bits per heavy atom. The van der Waals surface area contributed by atoms with Crippen LogP contribution in [0, 0.1) is 54.1 Å². The lowest BCUT2D eigenvalue weighted by Gasteiger charge is -2.80. The van der Waals surface area contributed by atoms with Gasteiger partial charge in [0, 0.05) is 0 Å². The first kappa shape index (κ1) is 28.0. The van der Waals surface area contributed by atoms with Gasteiger partial charge in [-0.25, -0.2) is 0 Å². The van der Waals surface area contributed by atoms with Crippen molar-refractivity contribution in [3.8, 4) is 0 Å². The molecular formula is C32H60. The van der Waals surface area contributed by atoms with Gasteiger partial charge in [-0.15, -0.1) is 0 Å². The minimum Gasteiger partial charge on any atom is -0.0676 e. The van der Waals surface area contributed by atoms with Crippen LogP contribution in [0.15, 0.2) is 11.1 Å². The summed E-state index contributed by atoms with van der Waals surface area (Å²) < 4.78 is 0. The summed E-state index contributed by atoms with van der Waals surface area (Å²) >= 11 is 0. The van der Waals surface area contributed by atoms with E-state index in [1.165, 1.54) is 0 Å². The zero-order chi connectivity index (χ0) is 26.2. The molecule has 0 spiro atoms. The van der Waals surface area contributed by atoms with Gasteiger partial charge in [0.1, 0.15) is 0 Å². The SMILES string of the molecule is C/C1=C(\C)C(C)(C)C2(C)C(C)(C)C(C)(C)C(C)(C)C(C)(C1(C)C)C(C)(C)C(C)(C)C2(C)C. The molecular weight excluding hydrogens is 384 g/mol. The fourth-order valence-electron chi connectivity index (χ4n) is 10.4. The zero-order valence-electron chi connectivity index (χ0n) is 26.0.